The third-order valence-corrected chi connectivity index (χ3v) is 5.39. The van der Waals surface area contributed by atoms with Gasteiger partial charge in [-0.15, -0.1) is 0 Å². The fourth-order valence-electron chi connectivity index (χ4n) is 3.77. The molecule has 6 heteroatoms. The fourth-order valence-corrected chi connectivity index (χ4v) is 3.77. The van der Waals surface area contributed by atoms with Gasteiger partial charge in [0.25, 0.3) is 5.91 Å². The molecule has 0 aliphatic carbocycles. The Morgan fingerprint density at radius 3 is 2.26 bits per heavy atom. The number of hydrogen-bond donors (Lipinski definition) is 1. The molecule has 1 heterocycles. The van der Waals surface area contributed by atoms with E-state index < -0.39 is 18.5 Å². The second-order valence-corrected chi connectivity index (χ2v) is 7.68. The highest BCUT2D eigenvalue weighted by Gasteiger charge is 2.20. The second-order valence-electron chi connectivity index (χ2n) is 7.68. The van der Waals surface area contributed by atoms with Crippen LogP contribution in [0.15, 0.2) is 109 Å². The molecule has 1 aromatic heterocycles. The van der Waals surface area contributed by atoms with Crippen molar-refractivity contribution in [1.29, 1.82) is 0 Å². The number of amides is 1. The molecule has 0 saturated heterocycles. The Balaban J connectivity index is 1.36. The molecule has 0 bridgehead atoms. The number of benzene rings is 4. The maximum absolute atomic E-state index is 13.0. The van der Waals surface area contributed by atoms with Gasteiger partial charge in [-0.05, 0) is 29.7 Å². The number of carbonyl (C=O) groups is 2. The van der Waals surface area contributed by atoms with Crippen molar-refractivity contribution in [3.05, 3.63) is 115 Å². The van der Waals surface area contributed by atoms with E-state index in [9.17, 15) is 9.59 Å². The summed E-state index contributed by atoms with van der Waals surface area (Å²) in [6.07, 6.45) is 0. The lowest BCUT2D eigenvalue weighted by Gasteiger charge is -2.10. The van der Waals surface area contributed by atoms with Crippen LogP contribution in [0.3, 0.4) is 0 Å². The van der Waals surface area contributed by atoms with Crippen molar-refractivity contribution in [2.75, 3.05) is 11.9 Å². The zero-order valence-corrected chi connectivity index (χ0v) is 18.2. The van der Waals surface area contributed by atoms with Crippen molar-refractivity contribution >= 4 is 28.3 Å². The van der Waals surface area contributed by atoms with E-state index in [0.29, 0.717) is 11.4 Å². The standard InChI is InChI=1S/C28H21N3O3/c32-27(29-24-17-9-13-20-10-7-8-16-23(20)24)19-34-28(33)26-18-25(21-11-3-1-4-12-21)30-31(26)22-14-5-2-6-15-22/h1-18H,19H2,(H,29,32). The summed E-state index contributed by atoms with van der Waals surface area (Å²) in [5.74, 6) is -1.05. The van der Waals surface area contributed by atoms with E-state index in [4.69, 9.17) is 4.74 Å². The molecule has 6 nitrogen and oxygen atoms in total. The number of fused-ring (bicyclic) bond motifs is 1. The smallest absolute Gasteiger partial charge is 0.357 e. The van der Waals surface area contributed by atoms with Crippen molar-refractivity contribution in [2.24, 2.45) is 0 Å². The first-order chi connectivity index (χ1) is 16.7. The van der Waals surface area contributed by atoms with Crippen LogP contribution in [-0.2, 0) is 9.53 Å². The first-order valence-corrected chi connectivity index (χ1v) is 10.8. The summed E-state index contributed by atoms with van der Waals surface area (Å²) in [6, 6.07) is 34.0. The largest absolute Gasteiger partial charge is 0.451 e. The summed E-state index contributed by atoms with van der Waals surface area (Å²) in [6.45, 7) is -0.414. The highest BCUT2D eigenvalue weighted by atomic mass is 16.5. The van der Waals surface area contributed by atoms with E-state index in [1.807, 2.05) is 103 Å². The highest BCUT2D eigenvalue weighted by molar-refractivity contribution is 6.03. The molecule has 4 aromatic carbocycles. The summed E-state index contributed by atoms with van der Waals surface area (Å²) in [7, 11) is 0. The average molecular weight is 447 g/mol. The Morgan fingerprint density at radius 1 is 0.794 bits per heavy atom. The number of nitrogens with zero attached hydrogens (tertiary/aromatic N) is 2. The Morgan fingerprint density at radius 2 is 1.47 bits per heavy atom. The van der Waals surface area contributed by atoms with Gasteiger partial charge in [0.15, 0.2) is 12.3 Å². The van der Waals surface area contributed by atoms with Gasteiger partial charge in [-0.1, -0.05) is 84.9 Å². The van der Waals surface area contributed by atoms with Gasteiger partial charge in [0.1, 0.15) is 0 Å². The van der Waals surface area contributed by atoms with Crippen LogP contribution < -0.4 is 5.32 Å². The number of aromatic nitrogens is 2. The van der Waals surface area contributed by atoms with Crippen LogP contribution in [0.2, 0.25) is 0 Å². The molecule has 0 aliphatic heterocycles. The van der Waals surface area contributed by atoms with Crippen LogP contribution in [0.5, 0.6) is 0 Å². The second kappa shape index (κ2) is 9.42. The molecule has 5 aromatic rings. The van der Waals surface area contributed by atoms with Crippen LogP contribution in [0.4, 0.5) is 5.69 Å². The number of anilines is 1. The van der Waals surface area contributed by atoms with Gasteiger partial charge >= 0.3 is 5.97 Å². The number of nitrogens with one attached hydrogen (secondary N) is 1. The van der Waals surface area contributed by atoms with Crippen LogP contribution >= 0.6 is 0 Å². The predicted octanol–water partition coefficient (Wildman–Crippen LogP) is 5.49. The maximum atomic E-state index is 13.0. The number of para-hydroxylation sites is 1. The minimum absolute atomic E-state index is 0.239. The van der Waals surface area contributed by atoms with Crippen molar-refractivity contribution in [2.45, 2.75) is 0 Å². The molecule has 0 saturated carbocycles. The van der Waals surface area contributed by atoms with E-state index >= 15 is 0 Å². The Labute approximate surface area is 196 Å². The van der Waals surface area contributed by atoms with Gasteiger partial charge in [0.05, 0.1) is 11.4 Å². The van der Waals surface area contributed by atoms with E-state index in [1.54, 1.807) is 6.07 Å². The molecule has 1 amide bonds. The molecule has 5 rings (SSSR count). The lowest BCUT2D eigenvalue weighted by molar-refractivity contribution is -0.119. The van der Waals surface area contributed by atoms with Gasteiger partial charge in [0, 0.05) is 16.6 Å². The highest BCUT2D eigenvalue weighted by Crippen LogP contribution is 2.24. The quantitative estimate of drug-likeness (QED) is 0.350. The Kier molecular flexibility index (Phi) is 5.86. The molecular formula is C28H21N3O3. The molecule has 1 N–H and O–H groups in total. The summed E-state index contributed by atoms with van der Waals surface area (Å²) in [4.78, 5) is 25.6. The van der Waals surface area contributed by atoms with E-state index in [0.717, 1.165) is 22.0 Å². The van der Waals surface area contributed by atoms with Crippen LogP contribution in [0, 0.1) is 0 Å². The SMILES string of the molecule is O=C(COC(=O)c1cc(-c2ccccc2)nn1-c1ccccc1)Nc1cccc2ccccc12. The zero-order chi connectivity index (χ0) is 23.3. The van der Waals surface area contributed by atoms with Gasteiger partial charge in [-0.2, -0.15) is 5.10 Å². The number of rotatable bonds is 6. The number of hydrogen-bond acceptors (Lipinski definition) is 4. The molecule has 0 unspecified atom stereocenters. The molecule has 166 valence electrons. The Bertz CT molecular complexity index is 1460. The van der Waals surface area contributed by atoms with Gasteiger partial charge in [-0.3, -0.25) is 4.79 Å². The molecule has 0 fully saturated rings. The number of carbonyl (C=O) groups excluding carboxylic acids is 2. The Hall–Kier alpha value is -4.71. The predicted molar refractivity (Wildman–Crippen MR) is 132 cm³/mol. The molecule has 0 atom stereocenters. The van der Waals surface area contributed by atoms with Crippen molar-refractivity contribution in [3.8, 4) is 16.9 Å². The van der Waals surface area contributed by atoms with E-state index in [2.05, 4.69) is 10.4 Å². The number of esters is 1. The maximum Gasteiger partial charge on any atom is 0.357 e. The zero-order valence-electron chi connectivity index (χ0n) is 18.2. The summed E-state index contributed by atoms with van der Waals surface area (Å²) in [5, 5.41) is 9.37. The van der Waals surface area contributed by atoms with Crippen LogP contribution in [0.25, 0.3) is 27.7 Å². The van der Waals surface area contributed by atoms with Crippen LogP contribution in [0.1, 0.15) is 10.5 Å². The summed E-state index contributed by atoms with van der Waals surface area (Å²) in [5.41, 5.74) is 3.14. The lowest BCUT2D eigenvalue weighted by atomic mass is 10.1. The third-order valence-electron chi connectivity index (χ3n) is 5.39. The molecule has 34 heavy (non-hydrogen) atoms. The van der Waals surface area contributed by atoms with Gasteiger partial charge in [-0.25, -0.2) is 9.48 Å². The average Bonchev–Trinajstić information content (AvgIpc) is 3.34. The lowest BCUT2D eigenvalue weighted by Crippen LogP contribution is -2.22. The normalized spacial score (nSPS) is 10.7. The molecule has 0 spiro atoms. The van der Waals surface area contributed by atoms with Crippen molar-refractivity contribution < 1.29 is 14.3 Å². The number of ether oxygens (including phenoxy) is 1. The van der Waals surface area contributed by atoms with E-state index in [1.165, 1.54) is 4.68 Å². The third kappa shape index (κ3) is 4.42. The minimum atomic E-state index is -0.633. The fraction of sp³-hybridized carbons (Fsp3) is 0.0357. The first-order valence-electron chi connectivity index (χ1n) is 10.8. The molecular weight excluding hydrogens is 426 g/mol. The monoisotopic (exact) mass is 447 g/mol. The topological polar surface area (TPSA) is 73.2 Å². The van der Waals surface area contributed by atoms with Gasteiger partial charge in [0.2, 0.25) is 0 Å². The van der Waals surface area contributed by atoms with Crippen molar-refractivity contribution in [1.82, 2.24) is 9.78 Å². The molecule has 0 radical (unpaired) electrons. The summed E-state index contributed by atoms with van der Waals surface area (Å²) >= 11 is 0. The summed E-state index contributed by atoms with van der Waals surface area (Å²) < 4.78 is 6.91. The van der Waals surface area contributed by atoms with Crippen molar-refractivity contribution in [3.63, 3.8) is 0 Å². The minimum Gasteiger partial charge on any atom is -0.451 e. The van der Waals surface area contributed by atoms with E-state index in [-0.39, 0.29) is 5.69 Å². The van der Waals surface area contributed by atoms with Gasteiger partial charge < -0.3 is 10.1 Å². The van der Waals surface area contributed by atoms with Crippen LogP contribution in [-0.4, -0.2) is 28.3 Å². The molecule has 0 aliphatic rings. The first kappa shape index (κ1) is 21.2.